The fourth-order valence-electron chi connectivity index (χ4n) is 2.07. The summed E-state index contributed by atoms with van der Waals surface area (Å²) in [7, 11) is 0. The van der Waals surface area contributed by atoms with Gasteiger partial charge in [0.25, 0.3) is 0 Å². The van der Waals surface area contributed by atoms with Gasteiger partial charge in [-0.15, -0.1) is 0 Å². The number of halogens is 1. The molecule has 0 aliphatic heterocycles. The predicted octanol–water partition coefficient (Wildman–Crippen LogP) is 5.28. The molecule has 0 spiro atoms. The van der Waals surface area contributed by atoms with Gasteiger partial charge in [-0.25, -0.2) is 0 Å². The standard InChI is InChI=1S/C18H21ClN2S/c1-18(2,3)21-17(20)22-16(13-7-5-4-6-8-13)14-9-11-15(19)12-10-14/h4-12,16H,1-3H3,(H2,20,21)/t16-/m0/s1. The van der Waals surface area contributed by atoms with Gasteiger partial charge < -0.3 is 5.73 Å². The Morgan fingerprint density at radius 1 is 1.00 bits per heavy atom. The third kappa shape index (κ3) is 5.08. The van der Waals surface area contributed by atoms with Crippen LogP contribution in [0.25, 0.3) is 0 Å². The minimum absolute atomic E-state index is 0.101. The number of benzene rings is 2. The van der Waals surface area contributed by atoms with Crippen molar-refractivity contribution in [1.82, 2.24) is 0 Å². The Morgan fingerprint density at radius 2 is 1.55 bits per heavy atom. The predicted molar refractivity (Wildman–Crippen MR) is 98.7 cm³/mol. The lowest BCUT2D eigenvalue weighted by Crippen LogP contribution is -2.19. The average Bonchev–Trinajstić information content (AvgIpc) is 2.45. The molecule has 22 heavy (non-hydrogen) atoms. The molecular weight excluding hydrogens is 312 g/mol. The SMILES string of the molecule is CC(C)(C)N=C(N)S[C@@H](c1ccccc1)c1ccc(Cl)cc1. The van der Waals surface area contributed by atoms with Crippen LogP contribution < -0.4 is 5.73 Å². The summed E-state index contributed by atoms with van der Waals surface area (Å²) in [5, 5.41) is 1.43. The lowest BCUT2D eigenvalue weighted by molar-refractivity contribution is 0.585. The van der Waals surface area contributed by atoms with E-state index in [1.165, 1.54) is 5.56 Å². The van der Waals surface area contributed by atoms with Crippen molar-refractivity contribution >= 4 is 28.5 Å². The largest absolute Gasteiger partial charge is 0.378 e. The van der Waals surface area contributed by atoms with E-state index in [9.17, 15) is 0 Å². The number of thioether (sulfide) groups is 1. The van der Waals surface area contributed by atoms with Crippen LogP contribution in [0.5, 0.6) is 0 Å². The van der Waals surface area contributed by atoms with Crippen LogP contribution in [0.1, 0.15) is 37.1 Å². The van der Waals surface area contributed by atoms with E-state index in [0.717, 1.165) is 10.6 Å². The fraction of sp³-hybridized carbons (Fsp3) is 0.278. The smallest absolute Gasteiger partial charge is 0.155 e. The van der Waals surface area contributed by atoms with Gasteiger partial charge in [0.15, 0.2) is 5.17 Å². The van der Waals surface area contributed by atoms with E-state index in [4.69, 9.17) is 17.3 Å². The first-order valence-electron chi connectivity index (χ1n) is 7.17. The molecule has 1 atom stereocenters. The first-order valence-corrected chi connectivity index (χ1v) is 8.43. The Kier molecular flexibility index (Phi) is 5.54. The summed E-state index contributed by atoms with van der Waals surface area (Å²) in [6.45, 7) is 6.13. The Labute approximate surface area is 141 Å². The molecule has 0 radical (unpaired) electrons. The zero-order valence-electron chi connectivity index (χ0n) is 13.1. The second-order valence-electron chi connectivity index (χ2n) is 6.08. The molecule has 0 heterocycles. The van der Waals surface area contributed by atoms with Crippen LogP contribution >= 0.6 is 23.4 Å². The van der Waals surface area contributed by atoms with Crippen LogP contribution in [0.2, 0.25) is 5.02 Å². The van der Waals surface area contributed by atoms with Crippen molar-refractivity contribution in [2.24, 2.45) is 10.7 Å². The monoisotopic (exact) mass is 332 g/mol. The molecule has 2 N–H and O–H groups in total. The molecule has 0 aromatic heterocycles. The Balaban J connectivity index is 2.34. The van der Waals surface area contributed by atoms with Gasteiger partial charge in [0.2, 0.25) is 0 Å². The minimum Gasteiger partial charge on any atom is -0.378 e. The lowest BCUT2D eigenvalue weighted by atomic mass is 10.0. The molecule has 0 saturated carbocycles. The van der Waals surface area contributed by atoms with Crippen LogP contribution in [-0.4, -0.2) is 10.7 Å². The molecule has 2 aromatic carbocycles. The number of nitrogens with zero attached hydrogens (tertiary/aromatic N) is 1. The van der Waals surface area contributed by atoms with Crippen LogP contribution in [0.15, 0.2) is 59.6 Å². The minimum atomic E-state index is -0.182. The first-order chi connectivity index (χ1) is 10.3. The summed E-state index contributed by atoms with van der Waals surface area (Å²) in [5.41, 5.74) is 8.33. The highest BCUT2D eigenvalue weighted by Gasteiger charge is 2.18. The van der Waals surface area contributed by atoms with Crippen molar-refractivity contribution in [3.63, 3.8) is 0 Å². The number of hydrogen-bond acceptors (Lipinski definition) is 2. The molecule has 0 saturated heterocycles. The molecular formula is C18H21ClN2S. The fourth-order valence-corrected chi connectivity index (χ4v) is 3.35. The zero-order valence-corrected chi connectivity index (χ0v) is 14.7. The number of aliphatic imine (C=N–C) groups is 1. The van der Waals surface area contributed by atoms with Crippen molar-refractivity contribution in [3.05, 3.63) is 70.7 Å². The van der Waals surface area contributed by atoms with Gasteiger partial charge in [0.05, 0.1) is 10.8 Å². The maximum atomic E-state index is 6.15. The third-order valence-electron chi connectivity index (χ3n) is 2.96. The number of nitrogens with two attached hydrogens (primary N) is 1. The van der Waals surface area contributed by atoms with Crippen LogP contribution in [0, 0.1) is 0 Å². The zero-order chi connectivity index (χ0) is 16.2. The van der Waals surface area contributed by atoms with E-state index < -0.39 is 0 Å². The van der Waals surface area contributed by atoms with E-state index in [2.05, 4.69) is 17.1 Å². The van der Waals surface area contributed by atoms with Gasteiger partial charge in [0, 0.05) is 5.02 Å². The molecule has 0 fully saturated rings. The Bertz CT molecular complexity index is 630. The molecule has 0 amide bonds. The quantitative estimate of drug-likeness (QED) is 0.613. The van der Waals surface area contributed by atoms with E-state index >= 15 is 0 Å². The third-order valence-corrected chi connectivity index (χ3v) is 4.32. The van der Waals surface area contributed by atoms with E-state index in [-0.39, 0.29) is 10.8 Å². The number of amidine groups is 1. The van der Waals surface area contributed by atoms with Crippen LogP contribution in [-0.2, 0) is 0 Å². The molecule has 0 unspecified atom stereocenters. The van der Waals surface area contributed by atoms with Crippen LogP contribution in [0.3, 0.4) is 0 Å². The van der Waals surface area contributed by atoms with Crippen molar-refractivity contribution < 1.29 is 0 Å². The van der Waals surface area contributed by atoms with Crippen molar-refractivity contribution in [2.45, 2.75) is 31.6 Å². The number of rotatable bonds is 3. The van der Waals surface area contributed by atoms with Gasteiger partial charge in [-0.3, -0.25) is 4.99 Å². The summed E-state index contributed by atoms with van der Waals surface area (Å²) in [6.07, 6.45) is 0. The first kappa shape index (κ1) is 16.9. The summed E-state index contributed by atoms with van der Waals surface area (Å²) in [6, 6.07) is 18.2. The van der Waals surface area contributed by atoms with Crippen LogP contribution in [0.4, 0.5) is 0 Å². The second kappa shape index (κ2) is 7.21. The van der Waals surface area contributed by atoms with Crippen molar-refractivity contribution in [3.8, 4) is 0 Å². The van der Waals surface area contributed by atoms with Gasteiger partial charge >= 0.3 is 0 Å². The Hall–Kier alpha value is -1.45. The van der Waals surface area contributed by atoms with E-state index in [1.54, 1.807) is 11.8 Å². The molecule has 0 bridgehead atoms. The maximum Gasteiger partial charge on any atom is 0.155 e. The molecule has 116 valence electrons. The molecule has 2 aromatic rings. The lowest BCUT2D eigenvalue weighted by Gasteiger charge is -2.19. The molecule has 0 aliphatic rings. The normalized spacial score (nSPS) is 13.9. The highest BCUT2D eigenvalue weighted by molar-refractivity contribution is 8.14. The van der Waals surface area contributed by atoms with Gasteiger partial charge in [-0.1, -0.05) is 65.8 Å². The van der Waals surface area contributed by atoms with Gasteiger partial charge in [-0.2, -0.15) is 0 Å². The van der Waals surface area contributed by atoms with E-state index in [1.807, 2.05) is 63.2 Å². The highest BCUT2D eigenvalue weighted by atomic mass is 35.5. The summed E-state index contributed by atoms with van der Waals surface area (Å²) in [4.78, 5) is 4.55. The highest BCUT2D eigenvalue weighted by Crippen LogP contribution is 2.36. The van der Waals surface area contributed by atoms with Crippen molar-refractivity contribution in [1.29, 1.82) is 0 Å². The maximum absolute atomic E-state index is 6.15. The molecule has 0 aliphatic carbocycles. The second-order valence-corrected chi connectivity index (χ2v) is 7.64. The average molecular weight is 333 g/mol. The van der Waals surface area contributed by atoms with Gasteiger partial charge in [0.1, 0.15) is 0 Å². The molecule has 2 nitrogen and oxygen atoms in total. The summed E-state index contributed by atoms with van der Waals surface area (Å²) < 4.78 is 0. The summed E-state index contributed by atoms with van der Waals surface area (Å²) >= 11 is 7.57. The van der Waals surface area contributed by atoms with E-state index in [0.29, 0.717) is 5.17 Å². The summed E-state index contributed by atoms with van der Waals surface area (Å²) in [5.74, 6) is 0. The molecule has 2 rings (SSSR count). The Morgan fingerprint density at radius 3 is 2.09 bits per heavy atom. The molecule has 4 heteroatoms. The number of hydrogen-bond donors (Lipinski definition) is 1. The van der Waals surface area contributed by atoms with Gasteiger partial charge in [-0.05, 0) is 44.0 Å². The van der Waals surface area contributed by atoms with Crippen molar-refractivity contribution in [2.75, 3.05) is 0 Å². The topological polar surface area (TPSA) is 38.4 Å².